The van der Waals surface area contributed by atoms with E-state index in [0.717, 1.165) is 53.7 Å². The molecular weight excluding hydrogens is 601 g/mol. The lowest BCUT2D eigenvalue weighted by Gasteiger charge is -2.20. The lowest BCUT2D eigenvalue weighted by molar-refractivity contribution is -0.116. The molecule has 256 valence electrons. The molecule has 1 amide bonds. The number of aromatic nitrogens is 4. The first-order chi connectivity index (χ1) is 22.7. The van der Waals surface area contributed by atoms with Crippen LogP contribution in [0.1, 0.15) is 142 Å². The Balaban J connectivity index is 1.41. The van der Waals surface area contributed by atoms with Crippen molar-refractivity contribution >= 4 is 39.7 Å². The number of anilines is 2. The van der Waals surface area contributed by atoms with Gasteiger partial charge in [-0.05, 0) is 50.1 Å². The molecule has 0 spiro atoms. The van der Waals surface area contributed by atoms with Crippen LogP contribution >= 0.6 is 11.3 Å². The molecule has 0 aliphatic heterocycles. The smallest absolute Gasteiger partial charge is 0.224 e. The van der Waals surface area contributed by atoms with Crippen molar-refractivity contribution in [3.8, 4) is 11.4 Å². The van der Waals surface area contributed by atoms with E-state index in [1.165, 1.54) is 80.5 Å². The van der Waals surface area contributed by atoms with Gasteiger partial charge in [-0.25, -0.2) is 0 Å². The first kappa shape index (κ1) is 36.6. The second-order valence-electron chi connectivity index (χ2n) is 13.9. The van der Waals surface area contributed by atoms with Crippen LogP contribution in [0.5, 0.6) is 0 Å². The highest BCUT2D eigenvalue weighted by Gasteiger charge is 2.24. The average molecular weight is 659 g/mol. The molecule has 0 aliphatic rings. The Hall–Kier alpha value is -3.26. The van der Waals surface area contributed by atoms with E-state index in [1.54, 1.807) is 0 Å². The fourth-order valence-electron chi connectivity index (χ4n) is 6.08. The summed E-state index contributed by atoms with van der Waals surface area (Å²) >= 11 is 1.81. The second kappa shape index (κ2) is 18.3. The number of hydrogen-bond acceptors (Lipinski definition) is 6. The number of nitrogens with one attached hydrogen (secondary N) is 1. The zero-order valence-electron chi connectivity index (χ0n) is 29.9. The first-order valence-electron chi connectivity index (χ1n) is 18.3. The van der Waals surface area contributed by atoms with Gasteiger partial charge in [-0.3, -0.25) is 4.79 Å². The van der Waals surface area contributed by atoms with Gasteiger partial charge in [0.1, 0.15) is 0 Å². The molecule has 1 aromatic carbocycles. The SMILES string of the molecule is CCCCCCCCCCCCCC(=O)Nc1cccc(-c2nnc3/c(=C\c4ccc(N(CC)CCCC)s4)c(C(C)(C)C)nn23)c1. The molecule has 0 atom stereocenters. The average Bonchev–Trinajstić information content (AvgIpc) is 3.77. The quantitative estimate of drug-likeness (QED) is 0.0957. The van der Waals surface area contributed by atoms with Crippen molar-refractivity contribution in [2.24, 2.45) is 0 Å². The van der Waals surface area contributed by atoms with Gasteiger partial charge in [0.25, 0.3) is 0 Å². The van der Waals surface area contributed by atoms with Crippen LogP contribution < -0.4 is 15.4 Å². The van der Waals surface area contributed by atoms with Gasteiger partial charge in [0.15, 0.2) is 11.5 Å². The molecule has 0 unspecified atom stereocenters. The van der Waals surface area contributed by atoms with Crippen LogP contribution in [-0.2, 0) is 10.2 Å². The summed E-state index contributed by atoms with van der Waals surface area (Å²) in [6.45, 7) is 15.4. The van der Waals surface area contributed by atoms with Crippen LogP contribution in [0.25, 0.3) is 23.1 Å². The predicted octanol–water partition coefficient (Wildman–Crippen LogP) is 9.96. The minimum absolute atomic E-state index is 0.0643. The summed E-state index contributed by atoms with van der Waals surface area (Å²) < 4.78 is 1.87. The van der Waals surface area contributed by atoms with Crippen molar-refractivity contribution in [2.45, 2.75) is 137 Å². The van der Waals surface area contributed by atoms with E-state index >= 15 is 0 Å². The Morgan fingerprint density at radius 3 is 2.21 bits per heavy atom. The normalized spacial score (nSPS) is 12.3. The maximum absolute atomic E-state index is 12.8. The maximum Gasteiger partial charge on any atom is 0.224 e. The van der Waals surface area contributed by atoms with Crippen molar-refractivity contribution in [1.82, 2.24) is 19.8 Å². The van der Waals surface area contributed by atoms with Crippen molar-refractivity contribution in [3.63, 3.8) is 0 Å². The molecule has 8 heteroatoms. The van der Waals surface area contributed by atoms with Crippen LogP contribution in [0.4, 0.5) is 10.7 Å². The van der Waals surface area contributed by atoms with E-state index in [1.807, 2.05) is 40.1 Å². The molecule has 0 fully saturated rings. The van der Waals surface area contributed by atoms with E-state index in [4.69, 9.17) is 5.10 Å². The molecule has 47 heavy (non-hydrogen) atoms. The van der Waals surface area contributed by atoms with Crippen LogP contribution in [-0.4, -0.2) is 38.8 Å². The minimum Gasteiger partial charge on any atom is -0.364 e. The number of carbonyl (C=O) groups excluding carboxylic acids is 1. The summed E-state index contributed by atoms with van der Waals surface area (Å²) in [4.78, 5) is 16.4. The lowest BCUT2D eigenvalue weighted by atomic mass is 9.91. The summed E-state index contributed by atoms with van der Waals surface area (Å²) in [5.41, 5.74) is 3.22. The number of fused-ring (bicyclic) bond motifs is 1. The van der Waals surface area contributed by atoms with Crippen molar-refractivity contribution < 1.29 is 4.79 Å². The third kappa shape index (κ3) is 10.6. The van der Waals surface area contributed by atoms with Gasteiger partial charge >= 0.3 is 0 Å². The fraction of sp³-hybridized carbons (Fsp3) is 0.590. The van der Waals surface area contributed by atoms with E-state index in [9.17, 15) is 4.79 Å². The van der Waals surface area contributed by atoms with E-state index < -0.39 is 0 Å². The largest absolute Gasteiger partial charge is 0.364 e. The Labute approximate surface area is 287 Å². The maximum atomic E-state index is 12.8. The number of unbranched alkanes of at least 4 members (excludes halogenated alkanes) is 11. The molecule has 4 aromatic rings. The highest BCUT2D eigenvalue weighted by molar-refractivity contribution is 7.16. The number of carbonyl (C=O) groups is 1. The van der Waals surface area contributed by atoms with Gasteiger partial charge in [-0.1, -0.05) is 117 Å². The molecule has 3 aromatic heterocycles. The molecule has 1 N–H and O–H groups in total. The monoisotopic (exact) mass is 658 g/mol. The Kier molecular flexibility index (Phi) is 14.3. The fourth-order valence-corrected chi connectivity index (χ4v) is 7.12. The van der Waals surface area contributed by atoms with Crippen molar-refractivity contribution in [2.75, 3.05) is 23.3 Å². The van der Waals surface area contributed by atoms with Crippen LogP contribution in [0.2, 0.25) is 0 Å². The minimum atomic E-state index is -0.176. The number of rotatable bonds is 20. The molecule has 0 aliphatic carbocycles. The van der Waals surface area contributed by atoms with Gasteiger partial charge in [-0.15, -0.1) is 21.5 Å². The molecule has 7 nitrogen and oxygen atoms in total. The van der Waals surface area contributed by atoms with Crippen molar-refractivity contribution in [1.29, 1.82) is 0 Å². The van der Waals surface area contributed by atoms with Gasteiger partial charge in [-0.2, -0.15) is 9.61 Å². The number of benzene rings is 1. The highest BCUT2D eigenvalue weighted by Crippen LogP contribution is 2.28. The molecule has 0 radical (unpaired) electrons. The summed E-state index contributed by atoms with van der Waals surface area (Å²) in [5.74, 6) is 0.740. The zero-order chi connectivity index (χ0) is 33.6. The Morgan fingerprint density at radius 2 is 1.55 bits per heavy atom. The van der Waals surface area contributed by atoms with Crippen molar-refractivity contribution in [3.05, 3.63) is 52.2 Å². The summed E-state index contributed by atoms with van der Waals surface area (Å²) in [6.07, 6.45) is 19.2. The molecule has 0 bridgehead atoms. The summed E-state index contributed by atoms with van der Waals surface area (Å²) in [7, 11) is 0. The Bertz CT molecular complexity index is 1580. The van der Waals surface area contributed by atoms with Crippen LogP contribution in [0.3, 0.4) is 0 Å². The first-order valence-corrected chi connectivity index (χ1v) is 19.1. The molecular formula is C39H58N6OS. The summed E-state index contributed by atoms with van der Waals surface area (Å²) in [6, 6.07) is 12.3. The van der Waals surface area contributed by atoms with Crippen LogP contribution in [0, 0.1) is 0 Å². The molecule has 0 saturated heterocycles. The number of thiophene rings is 1. The van der Waals surface area contributed by atoms with E-state index in [0.29, 0.717) is 12.2 Å². The zero-order valence-corrected chi connectivity index (χ0v) is 30.7. The number of nitrogens with zero attached hydrogens (tertiary/aromatic N) is 5. The molecule has 4 rings (SSSR count). The second-order valence-corrected chi connectivity index (χ2v) is 15.0. The van der Waals surface area contributed by atoms with Gasteiger partial charge < -0.3 is 10.2 Å². The predicted molar refractivity (Wildman–Crippen MR) is 201 cm³/mol. The van der Waals surface area contributed by atoms with E-state index in [-0.39, 0.29) is 11.3 Å². The van der Waals surface area contributed by atoms with Gasteiger partial charge in [0.2, 0.25) is 5.91 Å². The Morgan fingerprint density at radius 1 is 0.872 bits per heavy atom. The highest BCUT2D eigenvalue weighted by atomic mass is 32.1. The number of amides is 1. The third-order valence-corrected chi connectivity index (χ3v) is 9.93. The standard InChI is InChI=1S/C39H58N6OS/c1-7-10-12-13-14-15-16-17-18-19-20-24-34(46)40-31-23-21-22-30(28-31)37-41-42-38-33(36(39(4,5)6)43-45(37)38)29-32-25-26-35(47-32)44(9-3)27-11-8-2/h21-23,25-26,28-29H,7-20,24,27H2,1-6H3,(H,40,46)/b33-29-. The molecule has 3 heterocycles. The van der Waals surface area contributed by atoms with Gasteiger partial charge in [0.05, 0.1) is 10.7 Å². The number of hydrogen-bond donors (Lipinski definition) is 1. The van der Waals surface area contributed by atoms with Crippen LogP contribution in [0.15, 0.2) is 36.4 Å². The third-order valence-electron chi connectivity index (χ3n) is 8.83. The topological polar surface area (TPSA) is 75.4 Å². The lowest BCUT2D eigenvalue weighted by Crippen LogP contribution is -2.22. The van der Waals surface area contributed by atoms with E-state index in [2.05, 4.69) is 80.2 Å². The molecule has 0 saturated carbocycles. The van der Waals surface area contributed by atoms with Gasteiger partial charge in [0, 0.05) is 46.3 Å². The summed E-state index contributed by atoms with van der Waals surface area (Å²) in [5, 5.41) is 19.7.